The molecule has 0 radical (unpaired) electrons. The average Bonchev–Trinajstić information content (AvgIpc) is 2.22. The lowest BCUT2D eigenvalue weighted by Gasteiger charge is -2.16. The summed E-state index contributed by atoms with van der Waals surface area (Å²) in [5.41, 5.74) is 0.634. The number of aromatic hydroxyl groups is 1. The molecule has 3 N–H and O–H groups in total. The molecule has 0 spiro atoms. The first-order chi connectivity index (χ1) is 6.74. The molecule has 0 saturated heterocycles. The van der Waals surface area contributed by atoms with Gasteiger partial charge in [-0.05, 0) is 13.1 Å². The van der Waals surface area contributed by atoms with Gasteiger partial charge in [-0.1, -0.05) is 12.1 Å². The summed E-state index contributed by atoms with van der Waals surface area (Å²) >= 11 is 0. The molecule has 0 unspecified atom stereocenters. The molecule has 0 saturated carbocycles. The van der Waals surface area contributed by atoms with Gasteiger partial charge < -0.3 is 20.3 Å². The Morgan fingerprint density at radius 3 is 2.71 bits per heavy atom. The van der Waals surface area contributed by atoms with Gasteiger partial charge in [0.05, 0.1) is 19.8 Å². The number of phenols is 1. The lowest BCUT2D eigenvalue weighted by Crippen LogP contribution is -2.20. The summed E-state index contributed by atoms with van der Waals surface area (Å²) in [5, 5.41) is 21.7. The Labute approximate surface area is 83.1 Å². The van der Waals surface area contributed by atoms with E-state index in [-0.39, 0.29) is 18.4 Å². The minimum absolute atomic E-state index is 0.0722. The molecule has 78 valence electrons. The van der Waals surface area contributed by atoms with Crippen LogP contribution in [0.15, 0.2) is 18.2 Å². The first-order valence-electron chi connectivity index (χ1n) is 4.38. The Hall–Kier alpha value is -1.26. The van der Waals surface area contributed by atoms with Crippen LogP contribution < -0.4 is 10.1 Å². The van der Waals surface area contributed by atoms with Crippen molar-refractivity contribution in [1.82, 2.24) is 5.32 Å². The van der Waals surface area contributed by atoms with Crippen molar-refractivity contribution < 1.29 is 14.9 Å². The van der Waals surface area contributed by atoms with Crippen molar-refractivity contribution in [3.63, 3.8) is 0 Å². The van der Waals surface area contributed by atoms with Crippen LogP contribution >= 0.6 is 0 Å². The number of hydrogen-bond donors (Lipinski definition) is 3. The molecule has 1 atom stereocenters. The molecule has 0 aliphatic rings. The van der Waals surface area contributed by atoms with Gasteiger partial charge in [0.1, 0.15) is 0 Å². The molecule has 14 heavy (non-hydrogen) atoms. The minimum Gasteiger partial charge on any atom is -0.504 e. The summed E-state index contributed by atoms with van der Waals surface area (Å²) in [6.45, 7) is -0.0722. The number of phenolic OH excluding ortho intramolecular Hbond substituents is 1. The van der Waals surface area contributed by atoms with E-state index < -0.39 is 0 Å². The topological polar surface area (TPSA) is 61.7 Å². The van der Waals surface area contributed by atoms with Gasteiger partial charge >= 0.3 is 0 Å². The fraction of sp³-hybridized carbons (Fsp3) is 0.400. The summed E-state index contributed by atoms with van der Waals surface area (Å²) in [5.74, 6) is 0.486. The minimum atomic E-state index is -0.273. The van der Waals surface area contributed by atoms with Crippen molar-refractivity contribution in [2.24, 2.45) is 0 Å². The molecule has 0 aliphatic carbocycles. The molecule has 0 fully saturated rings. The number of aliphatic hydroxyl groups is 1. The van der Waals surface area contributed by atoms with Crippen molar-refractivity contribution in [1.29, 1.82) is 0 Å². The molecule has 0 amide bonds. The number of rotatable bonds is 4. The highest BCUT2D eigenvalue weighted by Crippen LogP contribution is 2.32. The third-order valence-corrected chi connectivity index (χ3v) is 2.16. The van der Waals surface area contributed by atoms with Crippen molar-refractivity contribution in [3.8, 4) is 11.5 Å². The zero-order valence-corrected chi connectivity index (χ0v) is 8.32. The Balaban J connectivity index is 3.07. The number of nitrogens with one attached hydrogen (secondary N) is 1. The third kappa shape index (κ3) is 1.97. The predicted molar refractivity (Wildman–Crippen MR) is 53.5 cm³/mol. The standard InChI is InChI=1S/C10H15NO3/c1-11-8(6-12)7-4-3-5-9(14-2)10(7)13/h3-5,8,11-13H,6H2,1-2H3/t8-/m1/s1. The van der Waals surface area contributed by atoms with E-state index in [4.69, 9.17) is 9.84 Å². The summed E-state index contributed by atoms with van der Waals surface area (Å²) in [7, 11) is 3.21. The Morgan fingerprint density at radius 1 is 1.50 bits per heavy atom. The van der Waals surface area contributed by atoms with Gasteiger partial charge in [0.2, 0.25) is 0 Å². The van der Waals surface area contributed by atoms with Gasteiger partial charge in [-0.3, -0.25) is 0 Å². The summed E-state index contributed by atoms with van der Waals surface area (Å²) in [4.78, 5) is 0. The van der Waals surface area contributed by atoms with Gasteiger partial charge in [-0.25, -0.2) is 0 Å². The van der Waals surface area contributed by atoms with Crippen LogP contribution in [0.1, 0.15) is 11.6 Å². The van der Waals surface area contributed by atoms with Crippen LogP contribution in [-0.4, -0.2) is 31.0 Å². The maximum absolute atomic E-state index is 9.75. The van der Waals surface area contributed by atoms with Gasteiger partial charge in [-0.15, -0.1) is 0 Å². The smallest absolute Gasteiger partial charge is 0.162 e. The van der Waals surface area contributed by atoms with Crippen LogP contribution in [0.25, 0.3) is 0 Å². The summed E-state index contributed by atoms with van der Waals surface area (Å²) in [6, 6.07) is 4.91. The fourth-order valence-electron chi connectivity index (χ4n) is 1.33. The Morgan fingerprint density at radius 2 is 2.21 bits per heavy atom. The first-order valence-corrected chi connectivity index (χ1v) is 4.38. The lowest BCUT2D eigenvalue weighted by atomic mass is 10.1. The third-order valence-electron chi connectivity index (χ3n) is 2.16. The van der Waals surface area contributed by atoms with E-state index in [1.54, 1.807) is 25.2 Å². The molecular formula is C10H15NO3. The molecule has 4 heteroatoms. The Kier molecular flexibility index (Phi) is 3.73. The SMILES string of the molecule is CN[C@H](CO)c1cccc(OC)c1O. The monoisotopic (exact) mass is 197 g/mol. The van der Waals surface area contributed by atoms with Crippen LogP contribution in [0.2, 0.25) is 0 Å². The molecule has 0 heterocycles. The predicted octanol–water partition coefficient (Wildman–Crippen LogP) is 0.654. The second-order valence-corrected chi connectivity index (χ2v) is 2.92. The van der Waals surface area contributed by atoms with Crippen LogP contribution in [0.4, 0.5) is 0 Å². The maximum Gasteiger partial charge on any atom is 0.162 e. The number of aliphatic hydroxyl groups excluding tert-OH is 1. The number of para-hydroxylation sites is 1. The second kappa shape index (κ2) is 4.83. The van der Waals surface area contributed by atoms with E-state index >= 15 is 0 Å². The van der Waals surface area contributed by atoms with E-state index in [0.29, 0.717) is 11.3 Å². The van der Waals surface area contributed by atoms with E-state index in [1.807, 2.05) is 0 Å². The van der Waals surface area contributed by atoms with Gasteiger partial charge in [0.25, 0.3) is 0 Å². The molecular weight excluding hydrogens is 182 g/mol. The van der Waals surface area contributed by atoms with Crippen LogP contribution in [-0.2, 0) is 0 Å². The molecule has 0 aromatic heterocycles. The van der Waals surface area contributed by atoms with Gasteiger partial charge in [-0.2, -0.15) is 0 Å². The molecule has 4 nitrogen and oxygen atoms in total. The second-order valence-electron chi connectivity index (χ2n) is 2.92. The van der Waals surface area contributed by atoms with Crippen molar-refractivity contribution >= 4 is 0 Å². The highest BCUT2D eigenvalue weighted by Gasteiger charge is 2.14. The van der Waals surface area contributed by atoms with Crippen molar-refractivity contribution in [2.45, 2.75) is 6.04 Å². The number of likely N-dealkylation sites (N-methyl/N-ethyl adjacent to an activating group) is 1. The Bertz CT molecular complexity index is 297. The zero-order valence-electron chi connectivity index (χ0n) is 8.32. The van der Waals surface area contributed by atoms with Crippen molar-refractivity contribution in [3.05, 3.63) is 23.8 Å². The number of ether oxygens (including phenoxy) is 1. The van der Waals surface area contributed by atoms with Crippen LogP contribution in [0.5, 0.6) is 11.5 Å². The number of hydrogen-bond acceptors (Lipinski definition) is 4. The van der Waals surface area contributed by atoms with Crippen LogP contribution in [0, 0.1) is 0 Å². The highest BCUT2D eigenvalue weighted by atomic mass is 16.5. The maximum atomic E-state index is 9.75. The lowest BCUT2D eigenvalue weighted by molar-refractivity contribution is 0.247. The van der Waals surface area contributed by atoms with Gasteiger partial charge in [0.15, 0.2) is 11.5 Å². The molecule has 1 aromatic carbocycles. The molecule has 1 rings (SSSR count). The molecule has 1 aromatic rings. The summed E-state index contributed by atoms with van der Waals surface area (Å²) < 4.78 is 4.97. The van der Waals surface area contributed by atoms with Crippen LogP contribution in [0.3, 0.4) is 0 Å². The van der Waals surface area contributed by atoms with E-state index in [1.165, 1.54) is 7.11 Å². The van der Waals surface area contributed by atoms with E-state index in [0.717, 1.165) is 0 Å². The van der Waals surface area contributed by atoms with E-state index in [2.05, 4.69) is 5.32 Å². The zero-order chi connectivity index (χ0) is 10.6. The number of benzene rings is 1. The quantitative estimate of drug-likeness (QED) is 0.663. The largest absolute Gasteiger partial charge is 0.504 e. The average molecular weight is 197 g/mol. The van der Waals surface area contributed by atoms with E-state index in [9.17, 15) is 5.11 Å². The summed E-state index contributed by atoms with van der Waals surface area (Å²) in [6.07, 6.45) is 0. The molecule has 0 bridgehead atoms. The first kappa shape index (κ1) is 10.8. The van der Waals surface area contributed by atoms with Crippen molar-refractivity contribution in [2.75, 3.05) is 20.8 Å². The number of methoxy groups -OCH3 is 1. The normalized spacial score (nSPS) is 12.5. The highest BCUT2D eigenvalue weighted by molar-refractivity contribution is 5.46. The van der Waals surface area contributed by atoms with Gasteiger partial charge in [0, 0.05) is 5.56 Å². The molecule has 0 aliphatic heterocycles. The fourth-order valence-corrected chi connectivity index (χ4v) is 1.33.